The van der Waals surface area contributed by atoms with Crippen LogP contribution in [0.5, 0.6) is 0 Å². The minimum absolute atomic E-state index is 0.0388. The van der Waals surface area contributed by atoms with E-state index in [0.717, 1.165) is 24.2 Å². The summed E-state index contributed by atoms with van der Waals surface area (Å²) in [6, 6.07) is 9.98. The maximum Gasteiger partial charge on any atom is 0.313 e. The van der Waals surface area contributed by atoms with Crippen molar-refractivity contribution >= 4 is 17.6 Å². The number of hydrogen-bond donors (Lipinski definition) is 2. The van der Waals surface area contributed by atoms with Crippen molar-refractivity contribution < 1.29 is 32.6 Å². The van der Waals surface area contributed by atoms with Crippen LogP contribution in [0.2, 0.25) is 0 Å². The molecule has 1 saturated carbocycles. The highest BCUT2D eigenvalue weighted by Gasteiger charge is 2.40. The molecule has 9 nitrogen and oxygen atoms in total. The first-order chi connectivity index (χ1) is 20.5. The lowest BCUT2D eigenvalue weighted by Gasteiger charge is -2.38. The Kier molecular flexibility index (Phi) is 9.33. The number of alkyl halides is 2. The van der Waals surface area contributed by atoms with Gasteiger partial charge >= 0.3 is 5.97 Å². The molecule has 3 aromatic heterocycles. The summed E-state index contributed by atoms with van der Waals surface area (Å²) in [5, 5.41) is 14.6. The number of nitrogens with zero attached hydrogens (tertiary/aromatic N) is 4. The summed E-state index contributed by atoms with van der Waals surface area (Å²) in [6.45, 7) is 7.11. The summed E-state index contributed by atoms with van der Waals surface area (Å²) in [6.07, 6.45) is 3.17. The van der Waals surface area contributed by atoms with Crippen molar-refractivity contribution in [2.24, 2.45) is 11.8 Å². The molecule has 4 heterocycles. The Labute approximate surface area is 250 Å². The van der Waals surface area contributed by atoms with Crippen LogP contribution in [0.1, 0.15) is 55.9 Å². The molecule has 0 radical (unpaired) electrons. The highest BCUT2D eigenvalue weighted by molar-refractivity contribution is 5.72. The molecule has 5 rings (SSSR count). The number of carbonyl (C=O) groups is 1. The van der Waals surface area contributed by atoms with Gasteiger partial charge in [0.05, 0.1) is 37.6 Å². The largest absolute Gasteiger partial charge is 0.415 e. The van der Waals surface area contributed by atoms with Crippen LogP contribution in [-0.4, -0.2) is 70.6 Å². The van der Waals surface area contributed by atoms with E-state index < -0.39 is 12.0 Å². The molecular formula is C32H40F2N5O4+. The molecule has 1 aliphatic carbocycles. The molecule has 1 aliphatic heterocycles. The number of carbonyl (C=O) groups excluding carboxylic acids is 1. The third-order valence-corrected chi connectivity index (χ3v) is 8.76. The fraction of sp³-hybridized carbons (Fsp3) is 0.500. The number of aliphatic hydroxyl groups is 1. The van der Waals surface area contributed by atoms with E-state index in [1.165, 1.54) is 18.3 Å². The van der Waals surface area contributed by atoms with Crippen molar-refractivity contribution in [2.45, 2.75) is 51.6 Å². The average molecular weight is 597 g/mol. The number of nitrogens with one attached hydrogen (secondary N) is 1. The maximum absolute atomic E-state index is 13.1. The second-order valence-electron chi connectivity index (χ2n) is 12.2. The van der Waals surface area contributed by atoms with Crippen LogP contribution in [0.15, 0.2) is 48.8 Å². The monoisotopic (exact) mass is 596 g/mol. The van der Waals surface area contributed by atoms with Gasteiger partial charge in [-0.15, -0.1) is 0 Å². The fourth-order valence-electron chi connectivity index (χ4n) is 5.86. The molecule has 0 bridgehead atoms. The van der Waals surface area contributed by atoms with Gasteiger partial charge in [0.25, 0.3) is 6.43 Å². The summed E-state index contributed by atoms with van der Waals surface area (Å²) >= 11 is 0. The van der Waals surface area contributed by atoms with Crippen molar-refractivity contribution in [3.05, 3.63) is 65.6 Å². The number of aromatic nitrogens is 3. The number of quaternary nitrogens is 1. The molecule has 2 fully saturated rings. The predicted octanol–water partition coefficient (Wildman–Crippen LogP) is 5.52. The lowest BCUT2D eigenvalue weighted by molar-refractivity contribution is -0.932. The number of esters is 1. The molecule has 0 unspecified atom stereocenters. The lowest BCUT2D eigenvalue weighted by Crippen LogP contribution is -2.53. The van der Waals surface area contributed by atoms with Gasteiger partial charge in [0, 0.05) is 23.5 Å². The smallest absolute Gasteiger partial charge is 0.313 e. The van der Waals surface area contributed by atoms with Gasteiger partial charge in [0.2, 0.25) is 6.73 Å². The number of ether oxygens (including phenoxy) is 2. The van der Waals surface area contributed by atoms with Gasteiger partial charge in [-0.2, -0.15) is 0 Å². The Morgan fingerprint density at radius 2 is 1.86 bits per heavy atom. The van der Waals surface area contributed by atoms with Gasteiger partial charge in [-0.05, 0) is 87.4 Å². The summed E-state index contributed by atoms with van der Waals surface area (Å²) in [7, 11) is 2.09. The molecule has 1 saturated heterocycles. The molecule has 1 atom stereocenters. The number of hydrogen-bond acceptors (Lipinski definition) is 8. The molecule has 0 aromatic carbocycles. The van der Waals surface area contributed by atoms with Gasteiger partial charge in [0.15, 0.2) is 0 Å². The van der Waals surface area contributed by atoms with E-state index in [2.05, 4.69) is 27.3 Å². The molecular weight excluding hydrogens is 556 g/mol. The summed E-state index contributed by atoms with van der Waals surface area (Å²) in [5.41, 5.74) is 1.61. The Morgan fingerprint density at radius 1 is 1.12 bits per heavy atom. The average Bonchev–Trinajstić information content (AvgIpc) is 3.00. The molecule has 2 aliphatic rings. The van der Waals surface area contributed by atoms with E-state index >= 15 is 0 Å². The van der Waals surface area contributed by atoms with Crippen molar-refractivity contribution in [1.29, 1.82) is 0 Å². The van der Waals surface area contributed by atoms with Gasteiger partial charge in [0.1, 0.15) is 30.3 Å². The second kappa shape index (κ2) is 13.0. The Bertz CT molecular complexity index is 1410. The maximum atomic E-state index is 13.1. The van der Waals surface area contributed by atoms with E-state index in [1.54, 1.807) is 13.1 Å². The van der Waals surface area contributed by atoms with Crippen molar-refractivity contribution in [2.75, 3.05) is 45.4 Å². The van der Waals surface area contributed by atoms with Crippen molar-refractivity contribution in [3.63, 3.8) is 0 Å². The third kappa shape index (κ3) is 7.52. The SMILES string of the molecule is Cc1cc(Nc2cc(C(F)F)ccn2)nc(-c2ccc([C@](C)(O)[C@H]3CC[C@H](C(=O)OC[N+]4(C)CCOCC4)CC3)nc2)c1. The van der Waals surface area contributed by atoms with Crippen LogP contribution in [0.3, 0.4) is 0 Å². The predicted molar refractivity (Wildman–Crippen MR) is 157 cm³/mol. The zero-order chi connectivity index (χ0) is 30.6. The van der Waals surface area contributed by atoms with E-state index in [-0.39, 0.29) is 29.2 Å². The number of anilines is 2. The van der Waals surface area contributed by atoms with Crippen LogP contribution in [-0.2, 0) is 19.9 Å². The second-order valence-corrected chi connectivity index (χ2v) is 12.2. The Balaban J connectivity index is 1.20. The Morgan fingerprint density at radius 3 is 2.53 bits per heavy atom. The normalized spacial score (nSPS) is 21.7. The Hall–Kier alpha value is -3.54. The molecule has 3 aromatic rings. The minimum atomic E-state index is -2.59. The topological polar surface area (TPSA) is 106 Å². The number of likely N-dealkylation sites (N-methyl/N-ethyl adjacent to an activating group) is 1. The minimum Gasteiger partial charge on any atom is -0.415 e. The van der Waals surface area contributed by atoms with Crippen LogP contribution >= 0.6 is 0 Å². The first kappa shape index (κ1) is 30.9. The number of pyridine rings is 3. The van der Waals surface area contributed by atoms with Crippen LogP contribution < -0.4 is 5.32 Å². The molecule has 0 spiro atoms. The highest BCUT2D eigenvalue weighted by Crippen LogP contribution is 2.41. The van der Waals surface area contributed by atoms with Crippen molar-refractivity contribution in [3.8, 4) is 11.3 Å². The van der Waals surface area contributed by atoms with Crippen LogP contribution in [0, 0.1) is 18.8 Å². The number of aryl methyl sites for hydroxylation is 1. The highest BCUT2D eigenvalue weighted by atomic mass is 19.3. The van der Waals surface area contributed by atoms with E-state index in [4.69, 9.17) is 9.47 Å². The summed E-state index contributed by atoms with van der Waals surface area (Å²) in [4.78, 5) is 26.2. The fourth-order valence-corrected chi connectivity index (χ4v) is 5.86. The van der Waals surface area contributed by atoms with Gasteiger partial charge < -0.3 is 19.9 Å². The molecule has 0 amide bonds. The zero-order valence-corrected chi connectivity index (χ0v) is 24.9. The van der Waals surface area contributed by atoms with Gasteiger partial charge in [-0.3, -0.25) is 14.3 Å². The number of rotatable bonds is 9. The first-order valence-electron chi connectivity index (χ1n) is 14.8. The van der Waals surface area contributed by atoms with Gasteiger partial charge in [-0.1, -0.05) is 0 Å². The van der Waals surface area contributed by atoms with E-state index in [1.807, 2.05) is 31.2 Å². The molecule has 2 N–H and O–H groups in total. The summed E-state index contributed by atoms with van der Waals surface area (Å²) in [5.74, 6) is 0.410. The zero-order valence-electron chi connectivity index (χ0n) is 24.9. The molecule has 43 heavy (non-hydrogen) atoms. The molecule has 230 valence electrons. The van der Waals surface area contributed by atoms with Crippen molar-refractivity contribution in [1.82, 2.24) is 15.0 Å². The molecule has 11 heteroatoms. The van der Waals surface area contributed by atoms with E-state index in [9.17, 15) is 18.7 Å². The lowest BCUT2D eigenvalue weighted by atomic mass is 9.73. The van der Waals surface area contributed by atoms with Crippen LogP contribution in [0.4, 0.5) is 20.4 Å². The third-order valence-electron chi connectivity index (χ3n) is 8.76. The van der Waals surface area contributed by atoms with E-state index in [0.29, 0.717) is 67.3 Å². The standard InChI is InChI=1S/C32H40F2N5O4/c1-21-16-26(37-29(17-21)38-28-18-23(30(33)34)10-11-35-28)24-6-9-27(36-19-24)32(2,41)25-7-4-22(5-8-25)31(40)43-20-39(3)12-14-42-15-13-39/h6,9-11,16-19,22,25,30,41H,4-5,7-8,12-15,20H2,1-3H3,(H,35,37,38)/q+1/t22-,25-,32-/m1/s1. The number of halogens is 2. The number of morpholine rings is 1. The van der Waals surface area contributed by atoms with Crippen LogP contribution in [0.25, 0.3) is 11.3 Å². The van der Waals surface area contributed by atoms with Gasteiger partial charge in [-0.25, -0.2) is 18.7 Å². The summed E-state index contributed by atoms with van der Waals surface area (Å²) < 4.78 is 38.0. The first-order valence-corrected chi connectivity index (χ1v) is 14.8. The quantitative estimate of drug-likeness (QED) is 0.246.